The van der Waals surface area contributed by atoms with Gasteiger partial charge < -0.3 is 24.8 Å². The number of hydrogen-bond acceptors (Lipinski definition) is 9. The van der Waals surface area contributed by atoms with Crippen LogP contribution in [0.25, 0.3) is 0 Å². The molecule has 2 spiro atoms. The maximum absolute atomic E-state index is 14.0. The summed E-state index contributed by atoms with van der Waals surface area (Å²) in [6, 6.07) is 0.200. The highest BCUT2D eigenvalue weighted by molar-refractivity contribution is 8.00. The molecule has 11 unspecified atom stereocenters. The van der Waals surface area contributed by atoms with Crippen molar-refractivity contribution in [2.24, 2.45) is 34.5 Å². The molecule has 0 aromatic rings. The minimum Gasteiger partial charge on any atom is -0.459 e. The standard InChI is InChI=1S/C33H44N2O8S/c1-17-19-9-12-33(28(17)38)23(13-19)32-11-6-10-31(3,43-29(32)39)18(2)20(32)14-24(33)42-26(37)15-41-25(36)8-5-4-7-22-27-21(16-44-22)34-30(40)35-27/h18-24,27H,1,4-16H2,2-3H3,(H2,34,35,40). The van der Waals surface area contributed by atoms with Crippen LogP contribution in [0.1, 0.15) is 84.5 Å². The lowest BCUT2D eigenvalue weighted by atomic mass is 9.37. The van der Waals surface area contributed by atoms with Gasteiger partial charge in [-0.15, -0.1) is 0 Å². The van der Waals surface area contributed by atoms with Crippen molar-refractivity contribution in [2.45, 2.75) is 114 Å². The molecule has 9 rings (SSSR count). The van der Waals surface area contributed by atoms with Crippen LogP contribution in [-0.4, -0.2) is 71.1 Å². The molecule has 4 aliphatic heterocycles. The summed E-state index contributed by atoms with van der Waals surface area (Å²) in [4.78, 5) is 65.3. The van der Waals surface area contributed by atoms with Crippen LogP contribution in [0.4, 0.5) is 4.79 Å². The first-order chi connectivity index (χ1) is 21.0. The molecule has 9 aliphatic rings. The van der Waals surface area contributed by atoms with Crippen LogP contribution >= 0.6 is 11.8 Å². The highest BCUT2D eigenvalue weighted by Crippen LogP contribution is 2.72. The number of urea groups is 1. The molecule has 2 amide bonds. The number of hydrogen-bond donors (Lipinski definition) is 2. The van der Waals surface area contributed by atoms with Crippen LogP contribution < -0.4 is 10.6 Å². The lowest BCUT2D eigenvalue weighted by Gasteiger charge is -2.66. The number of Topliss-reactive ketones (excluding diaryl/α,β-unsaturated/α-hetero) is 1. The van der Waals surface area contributed by atoms with Gasteiger partial charge in [0.1, 0.15) is 11.7 Å². The van der Waals surface area contributed by atoms with Gasteiger partial charge in [-0.2, -0.15) is 11.8 Å². The van der Waals surface area contributed by atoms with Crippen molar-refractivity contribution in [3.63, 3.8) is 0 Å². The van der Waals surface area contributed by atoms with Gasteiger partial charge in [-0.1, -0.05) is 19.9 Å². The average Bonchev–Trinajstić information content (AvgIpc) is 3.47. The smallest absolute Gasteiger partial charge is 0.344 e. The first-order valence-corrected chi connectivity index (χ1v) is 17.6. The number of ketones is 1. The number of allylic oxidation sites excluding steroid dienone is 1. The fourth-order valence-electron chi connectivity index (χ4n) is 10.4. The lowest BCUT2D eigenvalue weighted by molar-refractivity contribution is -0.250. The summed E-state index contributed by atoms with van der Waals surface area (Å²) >= 11 is 1.84. The third kappa shape index (κ3) is 4.37. The number of amides is 2. The minimum atomic E-state index is -0.996. The van der Waals surface area contributed by atoms with Gasteiger partial charge in [-0.05, 0) is 94.0 Å². The summed E-state index contributed by atoms with van der Waals surface area (Å²) in [6.45, 7) is 7.80. The quantitative estimate of drug-likeness (QED) is 0.135. The predicted octanol–water partition coefficient (Wildman–Crippen LogP) is 3.85. The Morgan fingerprint density at radius 1 is 1.07 bits per heavy atom. The van der Waals surface area contributed by atoms with Crippen LogP contribution in [0.5, 0.6) is 0 Å². The van der Waals surface area contributed by atoms with Crippen molar-refractivity contribution in [2.75, 3.05) is 12.4 Å². The molecule has 4 heterocycles. The van der Waals surface area contributed by atoms with E-state index >= 15 is 0 Å². The van der Waals surface area contributed by atoms with E-state index < -0.39 is 41.1 Å². The number of esters is 3. The van der Waals surface area contributed by atoms with E-state index in [1.807, 2.05) is 18.7 Å². The third-order valence-electron chi connectivity index (χ3n) is 12.8. The van der Waals surface area contributed by atoms with Crippen molar-refractivity contribution in [1.29, 1.82) is 0 Å². The van der Waals surface area contributed by atoms with Crippen LogP contribution in [0.3, 0.4) is 0 Å². The summed E-state index contributed by atoms with van der Waals surface area (Å²) in [6.07, 6.45) is 6.64. The monoisotopic (exact) mass is 628 g/mol. The molecule has 2 N–H and O–H groups in total. The zero-order valence-electron chi connectivity index (χ0n) is 25.7. The van der Waals surface area contributed by atoms with E-state index in [2.05, 4.69) is 24.1 Å². The molecule has 9 fully saturated rings. The van der Waals surface area contributed by atoms with Crippen molar-refractivity contribution in [3.05, 3.63) is 12.2 Å². The third-order valence-corrected chi connectivity index (χ3v) is 14.3. The Hall–Kier alpha value is -2.56. The molecule has 10 nitrogen and oxygen atoms in total. The van der Waals surface area contributed by atoms with E-state index in [0.717, 1.165) is 37.9 Å². The van der Waals surface area contributed by atoms with Gasteiger partial charge in [0, 0.05) is 17.4 Å². The fraction of sp³-hybridized carbons (Fsp3) is 0.788. The Balaban J connectivity index is 0.993. The summed E-state index contributed by atoms with van der Waals surface area (Å²) < 4.78 is 17.7. The van der Waals surface area contributed by atoms with Gasteiger partial charge in [0.25, 0.3) is 0 Å². The molecular formula is C33H44N2O8S. The molecule has 0 radical (unpaired) electrons. The first-order valence-electron chi connectivity index (χ1n) is 16.5. The van der Waals surface area contributed by atoms with Gasteiger partial charge in [0.05, 0.1) is 22.9 Å². The van der Waals surface area contributed by atoms with E-state index in [1.165, 1.54) is 0 Å². The Morgan fingerprint density at radius 2 is 1.89 bits per heavy atom. The fourth-order valence-corrected chi connectivity index (χ4v) is 12.0. The van der Waals surface area contributed by atoms with Crippen LogP contribution in [0.15, 0.2) is 12.2 Å². The minimum absolute atomic E-state index is 0.0433. The summed E-state index contributed by atoms with van der Waals surface area (Å²) in [5.41, 5.74) is -1.73. The number of unbranched alkanes of at least 4 members (excludes halogenated alkanes) is 1. The summed E-state index contributed by atoms with van der Waals surface area (Å²) in [7, 11) is 0. The van der Waals surface area contributed by atoms with Gasteiger partial charge in [0.15, 0.2) is 12.4 Å². The van der Waals surface area contributed by atoms with Crippen LogP contribution in [0, 0.1) is 34.5 Å². The molecule has 11 heteroatoms. The molecule has 4 bridgehead atoms. The predicted molar refractivity (Wildman–Crippen MR) is 160 cm³/mol. The normalized spacial score (nSPS) is 45.0. The van der Waals surface area contributed by atoms with E-state index in [9.17, 15) is 24.0 Å². The Labute approximate surface area is 262 Å². The Kier molecular flexibility index (Phi) is 7.37. The molecule has 0 aromatic carbocycles. The molecule has 11 atom stereocenters. The van der Waals surface area contributed by atoms with Gasteiger partial charge in [-0.3, -0.25) is 14.4 Å². The molecule has 0 aromatic heterocycles. The second kappa shape index (κ2) is 10.8. The Morgan fingerprint density at radius 3 is 2.70 bits per heavy atom. The molecule has 5 saturated carbocycles. The molecule has 5 aliphatic carbocycles. The molecular weight excluding hydrogens is 584 g/mol. The average molecular weight is 629 g/mol. The van der Waals surface area contributed by atoms with Gasteiger partial charge in [-0.25, -0.2) is 9.59 Å². The zero-order valence-corrected chi connectivity index (χ0v) is 26.5. The van der Waals surface area contributed by atoms with Crippen molar-refractivity contribution >= 4 is 41.5 Å². The van der Waals surface area contributed by atoms with E-state index in [1.54, 1.807) is 0 Å². The highest BCUT2D eigenvalue weighted by Gasteiger charge is 2.76. The summed E-state index contributed by atoms with van der Waals surface area (Å²) in [5.74, 6) is -0.673. The number of fused-ring (bicyclic) bond motifs is 6. The lowest BCUT2D eigenvalue weighted by Crippen LogP contribution is -2.72. The highest BCUT2D eigenvalue weighted by atomic mass is 32.2. The van der Waals surface area contributed by atoms with E-state index in [-0.39, 0.29) is 60.0 Å². The number of carbonyl (C=O) groups is 5. The molecule has 44 heavy (non-hydrogen) atoms. The van der Waals surface area contributed by atoms with Crippen molar-refractivity contribution < 1.29 is 38.2 Å². The number of ether oxygens (including phenoxy) is 3. The second-order valence-electron chi connectivity index (χ2n) is 14.7. The first kappa shape index (κ1) is 30.1. The maximum Gasteiger partial charge on any atom is 0.344 e. The number of thioether (sulfide) groups is 1. The topological polar surface area (TPSA) is 137 Å². The molecule has 240 valence electrons. The number of carbonyl (C=O) groups excluding carboxylic acids is 5. The van der Waals surface area contributed by atoms with Crippen LogP contribution in [-0.2, 0) is 33.4 Å². The zero-order chi connectivity index (χ0) is 31.0. The number of rotatable bonds is 8. The van der Waals surface area contributed by atoms with Crippen LogP contribution in [0.2, 0.25) is 0 Å². The second-order valence-corrected chi connectivity index (χ2v) is 15.9. The van der Waals surface area contributed by atoms with Gasteiger partial charge >= 0.3 is 23.9 Å². The Bertz CT molecular complexity index is 1300. The van der Waals surface area contributed by atoms with Crippen molar-refractivity contribution in [1.82, 2.24) is 10.6 Å². The summed E-state index contributed by atoms with van der Waals surface area (Å²) in [5, 5.41) is 6.24. The van der Waals surface area contributed by atoms with Gasteiger partial charge in [0.2, 0.25) is 0 Å². The SMILES string of the molecule is C=C1C(=O)C23CCC1CC2C12CCCC(C)(OC1=O)C(C)C2CC3OC(=O)COC(=O)CCCCC1SCC2NC(=O)NC21. The van der Waals surface area contributed by atoms with E-state index in [4.69, 9.17) is 14.2 Å². The number of nitrogens with one attached hydrogen (secondary N) is 2. The largest absolute Gasteiger partial charge is 0.459 e. The van der Waals surface area contributed by atoms with Crippen molar-refractivity contribution in [3.8, 4) is 0 Å². The van der Waals surface area contributed by atoms with E-state index in [0.29, 0.717) is 42.9 Å². The maximum atomic E-state index is 14.0. The molecule has 4 saturated heterocycles.